The molecular formula is C14H18ClFN2O3. The van der Waals surface area contributed by atoms with Gasteiger partial charge in [-0.15, -0.1) is 0 Å². The minimum atomic E-state index is -1.12. The Balaban J connectivity index is 2.70. The molecule has 1 aromatic carbocycles. The van der Waals surface area contributed by atoms with Crippen LogP contribution in [0.4, 0.5) is 4.39 Å². The summed E-state index contributed by atoms with van der Waals surface area (Å²) in [6, 6.07) is 4.00. The van der Waals surface area contributed by atoms with Gasteiger partial charge in [0, 0.05) is 16.6 Å². The summed E-state index contributed by atoms with van der Waals surface area (Å²) >= 11 is 5.72. The van der Waals surface area contributed by atoms with Crippen molar-refractivity contribution in [2.75, 3.05) is 13.1 Å². The molecule has 116 valence electrons. The van der Waals surface area contributed by atoms with Gasteiger partial charge < -0.3 is 15.7 Å². The van der Waals surface area contributed by atoms with E-state index in [1.165, 1.54) is 6.07 Å². The van der Waals surface area contributed by atoms with Crippen LogP contribution in [0.1, 0.15) is 25.5 Å². The maximum Gasteiger partial charge on any atom is 0.322 e. The van der Waals surface area contributed by atoms with Crippen LogP contribution in [0.2, 0.25) is 5.02 Å². The third kappa shape index (κ3) is 5.69. The molecule has 1 unspecified atom stereocenters. The second kappa shape index (κ2) is 7.95. The van der Waals surface area contributed by atoms with E-state index in [1.807, 2.05) is 13.8 Å². The van der Waals surface area contributed by atoms with Gasteiger partial charge in [-0.1, -0.05) is 31.5 Å². The first kappa shape index (κ1) is 17.4. The van der Waals surface area contributed by atoms with E-state index in [1.54, 1.807) is 12.1 Å². The van der Waals surface area contributed by atoms with Crippen molar-refractivity contribution in [1.29, 1.82) is 0 Å². The molecule has 1 atom stereocenters. The number of rotatable bonds is 7. The van der Waals surface area contributed by atoms with Crippen LogP contribution in [0.3, 0.4) is 0 Å². The molecule has 1 rings (SSSR count). The van der Waals surface area contributed by atoms with Crippen LogP contribution >= 0.6 is 11.6 Å². The van der Waals surface area contributed by atoms with Gasteiger partial charge in [-0.3, -0.25) is 9.59 Å². The van der Waals surface area contributed by atoms with Crippen LogP contribution in [-0.4, -0.2) is 30.1 Å². The highest BCUT2D eigenvalue weighted by Crippen LogP contribution is 2.26. The summed E-state index contributed by atoms with van der Waals surface area (Å²) < 4.78 is 13.9. The van der Waals surface area contributed by atoms with Gasteiger partial charge in [0.1, 0.15) is 12.4 Å². The number of carbonyl (C=O) groups is 2. The number of hydrogen-bond acceptors (Lipinski definition) is 3. The highest BCUT2D eigenvalue weighted by atomic mass is 35.5. The predicted molar refractivity (Wildman–Crippen MR) is 77.6 cm³/mol. The molecular weight excluding hydrogens is 299 g/mol. The lowest BCUT2D eigenvalue weighted by Gasteiger charge is -2.23. The quantitative estimate of drug-likeness (QED) is 0.718. The first-order valence-corrected chi connectivity index (χ1v) is 6.86. The Morgan fingerprint density at radius 1 is 1.33 bits per heavy atom. The Morgan fingerprint density at radius 2 is 2.00 bits per heavy atom. The SMILES string of the molecule is CC(C)C(NCC(=O)NCC(=O)O)c1ccc(Cl)cc1F. The third-order valence-corrected chi connectivity index (χ3v) is 3.12. The summed E-state index contributed by atoms with van der Waals surface area (Å²) in [5.41, 5.74) is 0.417. The Bertz CT molecular complexity index is 523. The maximum absolute atomic E-state index is 13.9. The van der Waals surface area contributed by atoms with E-state index in [4.69, 9.17) is 16.7 Å². The van der Waals surface area contributed by atoms with Crippen LogP contribution in [0.25, 0.3) is 0 Å². The standard InChI is InChI=1S/C14H18ClFN2O3/c1-8(2)14(10-4-3-9(15)5-11(10)16)18-6-12(19)17-7-13(20)21/h3-5,8,14,18H,6-7H2,1-2H3,(H,17,19)(H,20,21). The van der Waals surface area contributed by atoms with Gasteiger partial charge in [-0.25, -0.2) is 4.39 Å². The summed E-state index contributed by atoms with van der Waals surface area (Å²) in [4.78, 5) is 21.8. The second-order valence-electron chi connectivity index (χ2n) is 4.94. The fraction of sp³-hybridized carbons (Fsp3) is 0.429. The minimum Gasteiger partial charge on any atom is -0.480 e. The van der Waals surface area contributed by atoms with Crippen molar-refractivity contribution >= 4 is 23.5 Å². The smallest absolute Gasteiger partial charge is 0.322 e. The van der Waals surface area contributed by atoms with E-state index < -0.39 is 24.2 Å². The van der Waals surface area contributed by atoms with Crippen LogP contribution in [0.15, 0.2) is 18.2 Å². The fourth-order valence-corrected chi connectivity index (χ4v) is 2.06. The molecule has 7 heteroatoms. The molecule has 0 fully saturated rings. The molecule has 0 radical (unpaired) electrons. The number of amides is 1. The van der Waals surface area contributed by atoms with Crippen LogP contribution in [-0.2, 0) is 9.59 Å². The van der Waals surface area contributed by atoms with Gasteiger partial charge in [0.2, 0.25) is 5.91 Å². The van der Waals surface area contributed by atoms with Gasteiger partial charge in [-0.2, -0.15) is 0 Å². The van der Waals surface area contributed by atoms with Crippen LogP contribution < -0.4 is 10.6 Å². The normalized spacial score (nSPS) is 12.2. The van der Waals surface area contributed by atoms with Gasteiger partial charge in [0.25, 0.3) is 0 Å². The number of hydrogen-bond donors (Lipinski definition) is 3. The molecule has 0 saturated carbocycles. The lowest BCUT2D eigenvalue weighted by atomic mass is 9.95. The average molecular weight is 317 g/mol. The van der Waals surface area contributed by atoms with Crippen LogP contribution in [0, 0.1) is 11.7 Å². The van der Waals surface area contributed by atoms with Crippen molar-refractivity contribution in [3.8, 4) is 0 Å². The lowest BCUT2D eigenvalue weighted by Crippen LogP contribution is -2.39. The summed E-state index contributed by atoms with van der Waals surface area (Å²) in [7, 11) is 0. The number of benzene rings is 1. The van der Waals surface area contributed by atoms with E-state index in [2.05, 4.69) is 10.6 Å². The molecule has 0 aliphatic heterocycles. The van der Waals surface area contributed by atoms with Crippen molar-refractivity contribution in [2.24, 2.45) is 5.92 Å². The lowest BCUT2D eigenvalue weighted by molar-refractivity contribution is -0.137. The number of carbonyl (C=O) groups excluding carboxylic acids is 1. The summed E-state index contributed by atoms with van der Waals surface area (Å²) in [5, 5.41) is 13.9. The molecule has 0 aliphatic rings. The predicted octanol–water partition coefficient (Wildman–Crippen LogP) is 1.97. The highest BCUT2D eigenvalue weighted by molar-refractivity contribution is 6.30. The molecule has 0 aromatic heterocycles. The molecule has 3 N–H and O–H groups in total. The Hall–Kier alpha value is -1.66. The topological polar surface area (TPSA) is 78.4 Å². The summed E-state index contributed by atoms with van der Waals surface area (Å²) in [5.74, 6) is -1.99. The Kier molecular flexibility index (Phi) is 6.58. The molecule has 0 bridgehead atoms. The zero-order valence-corrected chi connectivity index (χ0v) is 12.6. The van der Waals surface area contributed by atoms with Gasteiger partial charge in [0.15, 0.2) is 0 Å². The van der Waals surface area contributed by atoms with Crippen molar-refractivity contribution < 1.29 is 19.1 Å². The molecule has 0 heterocycles. The van der Waals surface area contributed by atoms with Gasteiger partial charge in [0.05, 0.1) is 6.54 Å². The molecule has 1 aromatic rings. The molecule has 0 spiro atoms. The Labute approximate surface area is 127 Å². The molecule has 1 amide bonds. The summed E-state index contributed by atoms with van der Waals surface area (Å²) in [6.07, 6.45) is 0. The zero-order valence-electron chi connectivity index (χ0n) is 11.8. The summed E-state index contributed by atoms with van der Waals surface area (Å²) in [6.45, 7) is 3.24. The number of aliphatic carboxylic acids is 1. The molecule has 0 aliphatic carbocycles. The monoisotopic (exact) mass is 316 g/mol. The number of carboxylic acid groups (broad SMARTS) is 1. The fourth-order valence-electron chi connectivity index (χ4n) is 1.90. The third-order valence-electron chi connectivity index (χ3n) is 2.88. The number of carboxylic acids is 1. The van der Waals surface area contributed by atoms with E-state index in [0.29, 0.717) is 10.6 Å². The number of halogens is 2. The molecule has 21 heavy (non-hydrogen) atoms. The molecule has 5 nitrogen and oxygen atoms in total. The van der Waals surface area contributed by atoms with E-state index in [0.717, 1.165) is 0 Å². The van der Waals surface area contributed by atoms with Crippen molar-refractivity contribution in [2.45, 2.75) is 19.9 Å². The van der Waals surface area contributed by atoms with E-state index in [-0.39, 0.29) is 18.5 Å². The first-order valence-electron chi connectivity index (χ1n) is 6.48. The minimum absolute atomic E-state index is 0.0351. The first-order chi connectivity index (χ1) is 9.81. The van der Waals surface area contributed by atoms with Gasteiger partial charge >= 0.3 is 5.97 Å². The van der Waals surface area contributed by atoms with Crippen molar-refractivity contribution in [1.82, 2.24) is 10.6 Å². The van der Waals surface area contributed by atoms with E-state index >= 15 is 0 Å². The number of nitrogens with one attached hydrogen (secondary N) is 2. The van der Waals surface area contributed by atoms with E-state index in [9.17, 15) is 14.0 Å². The van der Waals surface area contributed by atoms with Crippen molar-refractivity contribution in [3.05, 3.63) is 34.6 Å². The molecule has 0 saturated heterocycles. The van der Waals surface area contributed by atoms with Crippen molar-refractivity contribution in [3.63, 3.8) is 0 Å². The average Bonchev–Trinajstić information content (AvgIpc) is 2.38. The van der Waals surface area contributed by atoms with Gasteiger partial charge in [-0.05, 0) is 18.1 Å². The Morgan fingerprint density at radius 3 is 2.52 bits per heavy atom. The largest absolute Gasteiger partial charge is 0.480 e. The zero-order chi connectivity index (χ0) is 16.0. The highest BCUT2D eigenvalue weighted by Gasteiger charge is 2.20. The van der Waals surface area contributed by atoms with Crippen LogP contribution in [0.5, 0.6) is 0 Å². The second-order valence-corrected chi connectivity index (χ2v) is 5.38. The maximum atomic E-state index is 13.9.